The maximum absolute atomic E-state index is 12.8. The molecule has 1 atom stereocenters. The normalized spacial score (nSPS) is 20.4. The van der Waals surface area contributed by atoms with Gasteiger partial charge in [0.2, 0.25) is 6.79 Å². The van der Waals surface area contributed by atoms with Crippen LogP contribution in [0, 0.1) is 0 Å². The molecule has 3 heterocycles. The molecule has 4 rings (SSSR count). The van der Waals surface area contributed by atoms with Crippen molar-refractivity contribution in [1.82, 2.24) is 4.90 Å². The molecule has 1 saturated heterocycles. The molecule has 28 heavy (non-hydrogen) atoms. The topological polar surface area (TPSA) is 80.5 Å². The summed E-state index contributed by atoms with van der Waals surface area (Å²) in [6, 6.07) is 8.13. The Morgan fingerprint density at radius 2 is 2.04 bits per heavy atom. The van der Waals surface area contributed by atoms with E-state index in [4.69, 9.17) is 9.47 Å². The lowest BCUT2D eigenvalue weighted by atomic mass is 9.99. The van der Waals surface area contributed by atoms with E-state index >= 15 is 0 Å². The van der Waals surface area contributed by atoms with E-state index < -0.39 is 17.7 Å². The Kier molecular flexibility index (Phi) is 4.82. The van der Waals surface area contributed by atoms with Gasteiger partial charge in [-0.2, -0.15) is 0 Å². The van der Waals surface area contributed by atoms with Crippen LogP contribution in [-0.2, 0) is 9.59 Å². The SMILES string of the molecule is C[NH+](C)CCN1C(=O)C(=O)C(=C(O)c2ccc3c(c2)OCO3)[C@@H]1c1cccs1. The van der Waals surface area contributed by atoms with Crippen LogP contribution < -0.4 is 14.4 Å². The Balaban J connectivity index is 1.79. The van der Waals surface area contributed by atoms with Crippen LogP contribution in [0.5, 0.6) is 11.5 Å². The van der Waals surface area contributed by atoms with E-state index in [9.17, 15) is 14.7 Å². The van der Waals surface area contributed by atoms with Gasteiger partial charge < -0.3 is 24.4 Å². The second-order valence-electron chi connectivity index (χ2n) is 7.03. The van der Waals surface area contributed by atoms with E-state index in [1.165, 1.54) is 16.2 Å². The Bertz CT molecular complexity index is 952. The summed E-state index contributed by atoms with van der Waals surface area (Å²) in [4.78, 5) is 29.2. The molecule has 1 aromatic heterocycles. The number of likely N-dealkylation sites (N-methyl/N-ethyl adjacent to an activating group) is 1. The fourth-order valence-electron chi connectivity index (χ4n) is 3.40. The average Bonchev–Trinajstić information content (AvgIpc) is 3.40. The molecule has 8 heteroatoms. The van der Waals surface area contributed by atoms with Gasteiger partial charge in [0.1, 0.15) is 5.76 Å². The number of ether oxygens (including phenoxy) is 2. The monoisotopic (exact) mass is 401 g/mol. The largest absolute Gasteiger partial charge is 0.507 e. The first kappa shape index (κ1) is 18.5. The minimum Gasteiger partial charge on any atom is -0.507 e. The van der Waals surface area contributed by atoms with Gasteiger partial charge in [0.25, 0.3) is 11.7 Å². The number of aliphatic hydroxyl groups is 1. The first-order valence-corrected chi connectivity index (χ1v) is 9.86. The van der Waals surface area contributed by atoms with Crippen LogP contribution in [0.2, 0.25) is 0 Å². The summed E-state index contributed by atoms with van der Waals surface area (Å²) in [5.41, 5.74) is 0.530. The number of aliphatic hydroxyl groups excluding tert-OH is 1. The summed E-state index contributed by atoms with van der Waals surface area (Å²) in [5, 5.41) is 12.9. The van der Waals surface area contributed by atoms with Gasteiger partial charge >= 0.3 is 0 Å². The van der Waals surface area contributed by atoms with Gasteiger partial charge in [-0.25, -0.2) is 0 Å². The zero-order valence-electron chi connectivity index (χ0n) is 15.6. The van der Waals surface area contributed by atoms with Gasteiger partial charge in [-0.05, 0) is 29.6 Å². The summed E-state index contributed by atoms with van der Waals surface area (Å²) in [6.45, 7) is 1.23. The number of amides is 1. The van der Waals surface area contributed by atoms with E-state index in [1.807, 2.05) is 31.6 Å². The predicted molar refractivity (Wildman–Crippen MR) is 104 cm³/mol. The Labute approximate surface area is 166 Å². The van der Waals surface area contributed by atoms with Crippen molar-refractivity contribution in [3.05, 3.63) is 51.7 Å². The highest BCUT2D eigenvalue weighted by molar-refractivity contribution is 7.10. The molecule has 1 aromatic carbocycles. The Morgan fingerprint density at radius 3 is 2.75 bits per heavy atom. The number of carbonyl (C=O) groups is 2. The van der Waals surface area contributed by atoms with Gasteiger partial charge in [0.15, 0.2) is 11.5 Å². The Morgan fingerprint density at radius 1 is 1.25 bits per heavy atom. The number of nitrogens with one attached hydrogen (secondary N) is 1. The molecule has 1 amide bonds. The maximum atomic E-state index is 12.8. The summed E-state index contributed by atoms with van der Waals surface area (Å²) < 4.78 is 10.7. The van der Waals surface area contributed by atoms with Gasteiger partial charge in [-0.3, -0.25) is 9.59 Å². The van der Waals surface area contributed by atoms with Crippen molar-refractivity contribution in [1.29, 1.82) is 0 Å². The maximum Gasteiger partial charge on any atom is 0.295 e. The van der Waals surface area contributed by atoms with E-state index in [2.05, 4.69) is 0 Å². The minimum absolute atomic E-state index is 0.111. The summed E-state index contributed by atoms with van der Waals surface area (Å²) >= 11 is 1.46. The molecule has 7 nitrogen and oxygen atoms in total. The predicted octanol–water partition coefficient (Wildman–Crippen LogP) is 1.04. The summed E-state index contributed by atoms with van der Waals surface area (Å²) in [5.74, 6) is -0.359. The second-order valence-corrected chi connectivity index (χ2v) is 8.01. The fourth-order valence-corrected chi connectivity index (χ4v) is 4.24. The number of carbonyl (C=O) groups excluding carboxylic acids is 2. The van der Waals surface area contributed by atoms with Crippen molar-refractivity contribution < 1.29 is 29.1 Å². The van der Waals surface area contributed by atoms with Crippen LogP contribution >= 0.6 is 11.3 Å². The molecule has 0 radical (unpaired) electrons. The summed E-state index contributed by atoms with van der Waals surface area (Å²) in [6.07, 6.45) is 0. The van der Waals surface area contributed by atoms with Crippen molar-refractivity contribution in [3.8, 4) is 11.5 Å². The smallest absolute Gasteiger partial charge is 0.295 e. The molecule has 2 aliphatic rings. The van der Waals surface area contributed by atoms with E-state index in [0.29, 0.717) is 30.2 Å². The van der Waals surface area contributed by atoms with Gasteiger partial charge in [0, 0.05) is 10.4 Å². The molecule has 0 unspecified atom stereocenters. The third kappa shape index (κ3) is 3.14. The van der Waals surface area contributed by atoms with Crippen LogP contribution in [-0.4, -0.2) is 55.7 Å². The molecule has 2 N–H and O–H groups in total. The number of hydrogen-bond donors (Lipinski definition) is 2. The summed E-state index contributed by atoms with van der Waals surface area (Å²) in [7, 11) is 3.98. The van der Waals surface area contributed by atoms with Crippen molar-refractivity contribution in [2.45, 2.75) is 6.04 Å². The molecule has 2 aliphatic heterocycles. The number of Topliss-reactive ketones (excluding diaryl/α,β-unsaturated/α-hetero) is 1. The highest BCUT2D eigenvalue weighted by Crippen LogP contribution is 2.42. The number of nitrogens with zero attached hydrogens (tertiary/aromatic N) is 1. The number of ketones is 1. The standard InChI is InChI=1S/C20H20N2O5S/c1-21(2)7-8-22-17(15-4-3-9-28-15)16(19(24)20(22)25)18(23)12-5-6-13-14(10-12)27-11-26-13/h3-6,9-10,17,23H,7-8,11H2,1-2H3/p+1/t17-/m0/s1. The van der Waals surface area contributed by atoms with Crippen molar-refractivity contribution >= 4 is 28.8 Å². The zero-order chi connectivity index (χ0) is 19.8. The lowest BCUT2D eigenvalue weighted by molar-refractivity contribution is -0.857. The zero-order valence-corrected chi connectivity index (χ0v) is 16.4. The van der Waals surface area contributed by atoms with Gasteiger partial charge in [0.05, 0.1) is 38.8 Å². The lowest BCUT2D eigenvalue weighted by Gasteiger charge is -2.24. The quantitative estimate of drug-likeness (QED) is 0.445. The van der Waals surface area contributed by atoms with Gasteiger partial charge in [-0.15, -0.1) is 11.3 Å². The van der Waals surface area contributed by atoms with E-state index in [1.54, 1.807) is 23.1 Å². The highest BCUT2D eigenvalue weighted by atomic mass is 32.1. The highest BCUT2D eigenvalue weighted by Gasteiger charge is 2.46. The van der Waals surface area contributed by atoms with Crippen LogP contribution in [0.1, 0.15) is 16.5 Å². The van der Waals surface area contributed by atoms with E-state index in [-0.39, 0.29) is 18.1 Å². The molecule has 0 aliphatic carbocycles. The molecule has 0 saturated carbocycles. The van der Waals surface area contributed by atoms with Crippen LogP contribution in [0.25, 0.3) is 5.76 Å². The number of thiophene rings is 1. The number of rotatable bonds is 5. The molecular weight excluding hydrogens is 380 g/mol. The number of benzene rings is 1. The second kappa shape index (κ2) is 7.29. The molecule has 2 aromatic rings. The number of fused-ring (bicyclic) bond motifs is 1. The third-order valence-corrected chi connectivity index (χ3v) is 5.78. The van der Waals surface area contributed by atoms with Crippen LogP contribution in [0.15, 0.2) is 41.3 Å². The fraction of sp³-hybridized carbons (Fsp3) is 0.300. The molecule has 1 fully saturated rings. The minimum atomic E-state index is -0.665. The number of quaternary nitrogens is 1. The van der Waals surface area contributed by atoms with Gasteiger partial charge in [-0.1, -0.05) is 6.07 Å². The van der Waals surface area contributed by atoms with Crippen molar-refractivity contribution in [2.24, 2.45) is 0 Å². The third-order valence-electron chi connectivity index (χ3n) is 4.85. The van der Waals surface area contributed by atoms with Crippen LogP contribution in [0.3, 0.4) is 0 Å². The lowest BCUT2D eigenvalue weighted by Crippen LogP contribution is -3.06. The van der Waals surface area contributed by atoms with Crippen LogP contribution in [0.4, 0.5) is 0 Å². The number of hydrogen-bond acceptors (Lipinski definition) is 6. The Hall–Kier alpha value is -2.84. The first-order valence-electron chi connectivity index (χ1n) is 8.98. The average molecular weight is 401 g/mol. The molecule has 0 bridgehead atoms. The molecule has 0 spiro atoms. The molecular formula is C20H21N2O5S+. The first-order chi connectivity index (χ1) is 13.5. The van der Waals surface area contributed by atoms with Crippen molar-refractivity contribution in [3.63, 3.8) is 0 Å². The number of likely N-dealkylation sites (tertiary alicyclic amines) is 1. The molecule has 146 valence electrons. The van der Waals surface area contributed by atoms with E-state index in [0.717, 1.165) is 4.88 Å². The van der Waals surface area contributed by atoms with Crippen molar-refractivity contribution in [2.75, 3.05) is 34.0 Å².